The van der Waals surface area contributed by atoms with E-state index in [9.17, 15) is 9.59 Å². The Morgan fingerprint density at radius 3 is 2.75 bits per heavy atom. The highest BCUT2D eigenvalue weighted by molar-refractivity contribution is 7.09. The number of hydrogen-bond donors (Lipinski definition) is 1. The Balaban J connectivity index is 1.90. The van der Waals surface area contributed by atoms with E-state index in [1.807, 2.05) is 45.2 Å². The van der Waals surface area contributed by atoms with Crippen LogP contribution in [0.15, 0.2) is 35.5 Å². The largest absolute Gasteiger partial charge is 0.352 e. The molecule has 3 rings (SSSR count). The zero-order chi connectivity index (χ0) is 17.3. The number of carbonyl (C=O) groups excluding carboxylic acids is 2. The third kappa shape index (κ3) is 3.82. The smallest absolute Gasteiger partial charge is 0.279 e. The minimum atomic E-state index is -0.389. The summed E-state index contributed by atoms with van der Waals surface area (Å²) in [6.45, 7) is 5.72. The molecule has 0 bridgehead atoms. The van der Waals surface area contributed by atoms with Crippen molar-refractivity contribution in [1.82, 2.24) is 9.88 Å². The Morgan fingerprint density at radius 2 is 2.08 bits per heavy atom. The number of nitrogens with zero attached hydrogens (tertiary/aromatic N) is 2. The van der Waals surface area contributed by atoms with Gasteiger partial charge in [-0.05, 0) is 45.7 Å². The van der Waals surface area contributed by atoms with Gasteiger partial charge in [0, 0.05) is 22.7 Å². The summed E-state index contributed by atoms with van der Waals surface area (Å²) in [5.74, 6) is -0.316. The third-order valence-corrected chi connectivity index (χ3v) is 4.89. The Morgan fingerprint density at radius 1 is 1.33 bits per heavy atom. The molecular formula is C18H21N3O2S. The van der Waals surface area contributed by atoms with Crippen molar-refractivity contribution in [3.05, 3.63) is 51.3 Å². The van der Waals surface area contributed by atoms with E-state index in [0.717, 1.165) is 23.3 Å². The maximum absolute atomic E-state index is 12.4. The Hall–Kier alpha value is -2.21. The number of benzene rings is 1. The van der Waals surface area contributed by atoms with Crippen LogP contribution in [-0.4, -0.2) is 22.4 Å². The lowest BCUT2D eigenvalue weighted by Crippen LogP contribution is -2.35. The third-order valence-electron chi connectivity index (χ3n) is 3.98. The lowest BCUT2D eigenvalue weighted by atomic mass is 10.1. The molecule has 6 heteroatoms. The second kappa shape index (κ2) is 6.73. The van der Waals surface area contributed by atoms with Crippen molar-refractivity contribution >= 4 is 23.2 Å². The van der Waals surface area contributed by atoms with Gasteiger partial charge in [0.2, 0.25) is 5.91 Å². The molecule has 1 N–H and O–H groups in total. The fourth-order valence-corrected chi connectivity index (χ4v) is 3.34. The van der Waals surface area contributed by atoms with E-state index in [1.54, 1.807) is 10.6 Å². The van der Waals surface area contributed by atoms with Crippen molar-refractivity contribution in [3.8, 4) is 0 Å². The van der Waals surface area contributed by atoms with Crippen LogP contribution in [0, 0.1) is 13.8 Å². The van der Waals surface area contributed by atoms with Crippen molar-refractivity contribution in [2.75, 3.05) is 0 Å². The van der Waals surface area contributed by atoms with Crippen LogP contribution >= 0.6 is 11.3 Å². The van der Waals surface area contributed by atoms with Crippen molar-refractivity contribution in [3.63, 3.8) is 0 Å². The molecule has 5 nitrogen and oxygen atoms in total. The summed E-state index contributed by atoms with van der Waals surface area (Å²) in [6.07, 6.45) is 3.98. The summed E-state index contributed by atoms with van der Waals surface area (Å²) in [5.41, 5.74) is 1.58. The SMILES string of the molecule is Cc1cccc(C(=O)N=c2sc(C)cn2[C@@H](C)C(=O)NC2CC2)c1. The predicted octanol–water partition coefficient (Wildman–Crippen LogP) is 2.75. The fraction of sp³-hybridized carbons (Fsp3) is 0.389. The average molecular weight is 343 g/mol. The van der Waals surface area contributed by atoms with Crippen LogP contribution in [0.2, 0.25) is 0 Å². The molecule has 1 aliphatic carbocycles. The van der Waals surface area contributed by atoms with Gasteiger partial charge in [-0.1, -0.05) is 17.7 Å². The van der Waals surface area contributed by atoms with Crippen LogP contribution in [0.3, 0.4) is 0 Å². The minimum Gasteiger partial charge on any atom is -0.352 e. The number of thiazole rings is 1. The predicted molar refractivity (Wildman–Crippen MR) is 94.0 cm³/mol. The van der Waals surface area contributed by atoms with Crippen LogP contribution in [0.5, 0.6) is 0 Å². The number of aromatic nitrogens is 1. The van der Waals surface area contributed by atoms with E-state index >= 15 is 0 Å². The van der Waals surface area contributed by atoms with Crippen molar-refractivity contribution < 1.29 is 9.59 Å². The van der Waals surface area contributed by atoms with Gasteiger partial charge in [0.15, 0.2) is 4.80 Å². The maximum atomic E-state index is 12.4. The summed E-state index contributed by atoms with van der Waals surface area (Å²) in [5, 5.41) is 3.00. The van der Waals surface area contributed by atoms with Crippen LogP contribution in [-0.2, 0) is 4.79 Å². The van der Waals surface area contributed by atoms with Crippen molar-refractivity contribution in [2.45, 2.75) is 45.7 Å². The molecular weight excluding hydrogens is 322 g/mol. The first kappa shape index (κ1) is 16.6. The summed E-state index contributed by atoms with van der Waals surface area (Å²) < 4.78 is 1.78. The highest BCUT2D eigenvalue weighted by Gasteiger charge is 2.26. The molecule has 1 aromatic carbocycles. The summed E-state index contributed by atoms with van der Waals surface area (Å²) in [7, 11) is 0. The molecule has 1 fully saturated rings. The van der Waals surface area contributed by atoms with E-state index in [1.165, 1.54) is 11.3 Å². The zero-order valence-corrected chi connectivity index (χ0v) is 14.9. The standard InChI is InChI=1S/C18H21N3O2S/c1-11-5-4-6-14(9-11)17(23)20-18-21(10-12(2)24-18)13(3)16(22)19-15-7-8-15/h4-6,9-10,13,15H,7-8H2,1-3H3,(H,19,22)/t13-/m0/s1. The Bertz CT molecular complexity index is 846. The second-order valence-corrected chi connectivity index (χ2v) is 7.49. The van der Waals surface area contributed by atoms with Gasteiger partial charge in [0.1, 0.15) is 6.04 Å². The van der Waals surface area contributed by atoms with E-state index < -0.39 is 0 Å². The number of carbonyl (C=O) groups is 2. The molecule has 0 spiro atoms. The van der Waals surface area contributed by atoms with Crippen LogP contribution in [0.4, 0.5) is 0 Å². The molecule has 1 saturated carbocycles. The molecule has 0 aliphatic heterocycles. The van der Waals surface area contributed by atoms with Gasteiger partial charge in [-0.15, -0.1) is 11.3 Å². The fourth-order valence-electron chi connectivity index (χ4n) is 2.44. The van der Waals surface area contributed by atoms with Gasteiger partial charge < -0.3 is 9.88 Å². The molecule has 1 aliphatic rings. The lowest BCUT2D eigenvalue weighted by Gasteiger charge is -2.13. The van der Waals surface area contributed by atoms with E-state index in [-0.39, 0.29) is 17.9 Å². The minimum absolute atomic E-state index is 0.0280. The first-order valence-corrected chi connectivity index (χ1v) is 8.90. The number of nitrogens with one attached hydrogen (secondary N) is 1. The van der Waals surface area contributed by atoms with E-state index in [2.05, 4.69) is 10.3 Å². The van der Waals surface area contributed by atoms with Gasteiger partial charge in [-0.3, -0.25) is 9.59 Å². The van der Waals surface area contributed by atoms with E-state index in [0.29, 0.717) is 16.4 Å². The van der Waals surface area contributed by atoms with Crippen molar-refractivity contribution in [2.24, 2.45) is 4.99 Å². The highest BCUT2D eigenvalue weighted by atomic mass is 32.1. The molecule has 2 amide bonds. The van der Waals surface area contributed by atoms with Gasteiger partial charge in [0.25, 0.3) is 5.91 Å². The topological polar surface area (TPSA) is 63.5 Å². The molecule has 24 heavy (non-hydrogen) atoms. The summed E-state index contributed by atoms with van der Waals surface area (Å²) in [4.78, 5) is 30.6. The van der Waals surface area contributed by atoms with Crippen molar-refractivity contribution in [1.29, 1.82) is 0 Å². The first-order chi connectivity index (χ1) is 11.4. The molecule has 126 valence electrons. The Labute approximate surface area is 145 Å². The van der Waals surface area contributed by atoms with Gasteiger partial charge in [-0.2, -0.15) is 4.99 Å². The molecule has 0 saturated heterocycles. The molecule has 0 unspecified atom stereocenters. The molecule has 1 atom stereocenters. The molecule has 0 radical (unpaired) electrons. The molecule has 2 aromatic rings. The summed E-state index contributed by atoms with van der Waals surface area (Å²) in [6, 6.07) is 7.29. The number of rotatable bonds is 4. The highest BCUT2D eigenvalue weighted by Crippen LogP contribution is 2.20. The zero-order valence-electron chi connectivity index (χ0n) is 14.1. The number of hydrogen-bond acceptors (Lipinski definition) is 3. The van der Waals surface area contributed by atoms with Gasteiger partial charge in [-0.25, -0.2) is 0 Å². The van der Waals surface area contributed by atoms with Gasteiger partial charge >= 0.3 is 0 Å². The average Bonchev–Trinajstić information content (AvgIpc) is 3.28. The quantitative estimate of drug-likeness (QED) is 0.928. The normalized spacial score (nSPS) is 16.0. The second-order valence-electron chi connectivity index (χ2n) is 6.28. The molecule has 1 aromatic heterocycles. The monoisotopic (exact) mass is 343 g/mol. The maximum Gasteiger partial charge on any atom is 0.279 e. The van der Waals surface area contributed by atoms with Crippen LogP contribution < -0.4 is 10.1 Å². The first-order valence-electron chi connectivity index (χ1n) is 8.08. The van der Waals surface area contributed by atoms with Crippen LogP contribution in [0.1, 0.15) is 46.6 Å². The lowest BCUT2D eigenvalue weighted by molar-refractivity contribution is -0.124. The van der Waals surface area contributed by atoms with E-state index in [4.69, 9.17) is 0 Å². The van der Waals surface area contributed by atoms with Crippen LogP contribution in [0.25, 0.3) is 0 Å². The number of aryl methyl sites for hydroxylation is 2. The summed E-state index contributed by atoms with van der Waals surface area (Å²) >= 11 is 1.42. The van der Waals surface area contributed by atoms with Gasteiger partial charge in [0.05, 0.1) is 0 Å². The number of amides is 2. The Kier molecular flexibility index (Phi) is 4.66. The molecule has 1 heterocycles.